The van der Waals surface area contributed by atoms with Gasteiger partial charge in [0.15, 0.2) is 0 Å². The van der Waals surface area contributed by atoms with Gasteiger partial charge in [0.1, 0.15) is 11.3 Å². The Morgan fingerprint density at radius 2 is 2.14 bits per heavy atom. The minimum Gasteiger partial charge on any atom is -0.478 e. The molecule has 0 aliphatic carbocycles. The number of carbonyl (C=O) groups is 1. The van der Waals surface area contributed by atoms with Crippen molar-refractivity contribution in [1.29, 1.82) is 0 Å². The van der Waals surface area contributed by atoms with Crippen molar-refractivity contribution in [2.45, 2.75) is 12.8 Å². The second kappa shape index (κ2) is 4.87. The molecule has 3 aromatic rings. The molecule has 7 heteroatoms. The predicted molar refractivity (Wildman–Crippen MR) is 75.4 cm³/mol. The summed E-state index contributed by atoms with van der Waals surface area (Å²) in [5.74, 6) is -4.87. The Balaban J connectivity index is 2.34. The number of fused-ring (bicyclic) bond motifs is 1. The number of rotatable bonds is 3. The Morgan fingerprint density at radius 3 is 2.82 bits per heavy atom. The zero-order chi connectivity index (χ0) is 16.8. The van der Waals surface area contributed by atoms with E-state index < -0.39 is 23.1 Å². The maximum absolute atomic E-state index is 13.9. The monoisotopic (exact) mass is 304 g/mol. The van der Waals surface area contributed by atoms with Gasteiger partial charge in [-0.15, -0.1) is 0 Å². The first-order valence-corrected chi connectivity index (χ1v) is 6.35. The van der Waals surface area contributed by atoms with Gasteiger partial charge in [-0.1, -0.05) is 6.07 Å². The third kappa shape index (κ3) is 2.20. The average molecular weight is 304 g/mol. The van der Waals surface area contributed by atoms with E-state index in [2.05, 4.69) is 10.1 Å². The molecule has 2 heterocycles. The van der Waals surface area contributed by atoms with Crippen molar-refractivity contribution >= 4 is 16.9 Å². The molecule has 0 aliphatic rings. The number of alkyl halides is 2. The molecule has 0 aliphatic heterocycles. The normalized spacial score (nSPS) is 12.4. The lowest BCUT2D eigenvalue weighted by Gasteiger charge is -2.15. The summed E-state index contributed by atoms with van der Waals surface area (Å²) < 4.78 is 36.3. The second-order valence-corrected chi connectivity index (χ2v) is 4.80. The van der Waals surface area contributed by atoms with Crippen molar-refractivity contribution in [2.75, 3.05) is 0 Å². The number of carboxylic acid groups (broad SMARTS) is 1. The van der Waals surface area contributed by atoms with E-state index in [0.29, 0.717) is 17.8 Å². The molecule has 0 spiro atoms. The van der Waals surface area contributed by atoms with Crippen LogP contribution in [0.4, 0.5) is 8.78 Å². The van der Waals surface area contributed by atoms with Gasteiger partial charge in [-0.25, -0.2) is 9.48 Å². The first kappa shape index (κ1) is 12.9. The number of aromatic nitrogens is 3. The number of benzene rings is 1. The van der Waals surface area contributed by atoms with Crippen molar-refractivity contribution in [1.82, 2.24) is 14.8 Å². The van der Waals surface area contributed by atoms with Crippen molar-refractivity contribution in [3.63, 3.8) is 0 Å². The molecule has 0 amide bonds. The van der Waals surface area contributed by atoms with Crippen LogP contribution in [0.5, 0.6) is 0 Å². The summed E-state index contributed by atoms with van der Waals surface area (Å²) in [5.41, 5.74) is -0.543. The van der Waals surface area contributed by atoms with E-state index in [9.17, 15) is 13.6 Å². The number of halogens is 2. The van der Waals surface area contributed by atoms with Crippen LogP contribution in [0.3, 0.4) is 0 Å². The van der Waals surface area contributed by atoms with Crippen LogP contribution >= 0.6 is 0 Å². The SMILES string of the molecule is [2H]c1ccc2c(-n3ncc(C(=O)O)c3C(C)(F)F)cccc2n1. The number of hydrogen-bond acceptors (Lipinski definition) is 3. The van der Waals surface area contributed by atoms with Crippen molar-refractivity contribution in [2.24, 2.45) is 0 Å². The van der Waals surface area contributed by atoms with Crippen LogP contribution in [0.2, 0.25) is 0 Å². The summed E-state index contributed by atoms with van der Waals surface area (Å²) in [5, 5.41) is 13.4. The topological polar surface area (TPSA) is 68.0 Å². The maximum atomic E-state index is 13.9. The van der Waals surface area contributed by atoms with Gasteiger partial charge < -0.3 is 5.11 Å². The summed E-state index contributed by atoms with van der Waals surface area (Å²) >= 11 is 0. The highest BCUT2D eigenvalue weighted by Gasteiger charge is 2.36. The molecule has 2 aromatic heterocycles. The lowest BCUT2D eigenvalue weighted by molar-refractivity contribution is 0.00839. The highest BCUT2D eigenvalue weighted by atomic mass is 19.3. The Bertz CT molecular complexity index is 919. The fraction of sp³-hybridized carbons (Fsp3) is 0.133. The average Bonchev–Trinajstić information content (AvgIpc) is 2.91. The van der Waals surface area contributed by atoms with E-state index in [4.69, 9.17) is 6.48 Å². The number of hydrogen-bond donors (Lipinski definition) is 1. The Hall–Kier alpha value is -2.83. The molecule has 112 valence electrons. The second-order valence-electron chi connectivity index (χ2n) is 4.80. The van der Waals surface area contributed by atoms with Crippen LogP contribution in [0.15, 0.2) is 42.7 Å². The first-order valence-electron chi connectivity index (χ1n) is 6.85. The van der Waals surface area contributed by atoms with Crippen LogP contribution in [-0.2, 0) is 5.92 Å². The van der Waals surface area contributed by atoms with Gasteiger partial charge in [0.05, 0.1) is 18.8 Å². The maximum Gasteiger partial charge on any atom is 0.339 e. The molecule has 0 bridgehead atoms. The molecule has 1 N–H and O–H groups in total. The fourth-order valence-corrected chi connectivity index (χ4v) is 2.33. The van der Waals surface area contributed by atoms with Gasteiger partial charge in [0, 0.05) is 18.5 Å². The van der Waals surface area contributed by atoms with E-state index in [1.165, 1.54) is 6.07 Å². The van der Waals surface area contributed by atoms with Crippen LogP contribution in [0.1, 0.15) is 24.3 Å². The van der Waals surface area contributed by atoms with Crippen molar-refractivity contribution in [3.8, 4) is 5.69 Å². The quantitative estimate of drug-likeness (QED) is 0.806. The fourth-order valence-electron chi connectivity index (χ4n) is 2.33. The number of pyridine rings is 1. The third-order valence-electron chi connectivity index (χ3n) is 3.21. The summed E-state index contributed by atoms with van der Waals surface area (Å²) in [4.78, 5) is 15.2. The first-order chi connectivity index (χ1) is 10.8. The minimum atomic E-state index is -3.39. The molecule has 0 fully saturated rings. The molecule has 22 heavy (non-hydrogen) atoms. The van der Waals surface area contributed by atoms with Gasteiger partial charge in [0.2, 0.25) is 0 Å². The lowest BCUT2D eigenvalue weighted by Crippen LogP contribution is -2.18. The Kier molecular flexibility index (Phi) is 2.85. The van der Waals surface area contributed by atoms with E-state index in [1.807, 2.05) is 0 Å². The molecule has 0 radical (unpaired) electrons. The summed E-state index contributed by atoms with van der Waals surface area (Å²) in [6.07, 6.45) is 0.947. The van der Waals surface area contributed by atoms with Crippen molar-refractivity contribution < 1.29 is 20.1 Å². The van der Waals surface area contributed by atoms with Crippen LogP contribution < -0.4 is 0 Å². The Morgan fingerprint density at radius 1 is 1.36 bits per heavy atom. The standard InChI is InChI=1S/C15H11F2N3O2/c1-15(16,17)13-10(14(21)22)8-19-20(13)12-6-2-5-11-9(12)4-3-7-18-11/h2-8H,1H3,(H,21,22)/i7D. The third-order valence-corrected chi connectivity index (χ3v) is 3.21. The highest BCUT2D eigenvalue weighted by Crippen LogP contribution is 2.33. The van der Waals surface area contributed by atoms with Gasteiger partial charge >= 0.3 is 5.97 Å². The molecular formula is C15H11F2N3O2. The summed E-state index contributed by atoms with van der Waals surface area (Å²) in [6.45, 7) is 0.623. The van der Waals surface area contributed by atoms with Gasteiger partial charge in [0.25, 0.3) is 5.92 Å². The van der Waals surface area contributed by atoms with E-state index in [-0.39, 0.29) is 11.9 Å². The van der Waals surface area contributed by atoms with Crippen LogP contribution in [-0.4, -0.2) is 25.8 Å². The molecule has 0 atom stereocenters. The van der Waals surface area contributed by atoms with Gasteiger partial charge in [-0.2, -0.15) is 13.9 Å². The zero-order valence-corrected chi connectivity index (χ0v) is 11.4. The van der Waals surface area contributed by atoms with E-state index in [1.54, 1.807) is 24.3 Å². The molecule has 0 unspecified atom stereocenters. The largest absolute Gasteiger partial charge is 0.478 e. The molecule has 5 nitrogen and oxygen atoms in total. The van der Waals surface area contributed by atoms with Crippen molar-refractivity contribution in [3.05, 3.63) is 54.0 Å². The Labute approximate surface area is 125 Å². The smallest absolute Gasteiger partial charge is 0.339 e. The number of aromatic carboxylic acids is 1. The molecule has 0 saturated heterocycles. The zero-order valence-electron chi connectivity index (χ0n) is 12.4. The van der Waals surface area contributed by atoms with Gasteiger partial charge in [-0.05, 0) is 24.3 Å². The number of carboxylic acids is 1. The van der Waals surface area contributed by atoms with E-state index >= 15 is 0 Å². The molecule has 3 rings (SSSR count). The molecule has 1 aromatic carbocycles. The van der Waals surface area contributed by atoms with E-state index in [0.717, 1.165) is 10.9 Å². The minimum absolute atomic E-state index is 0.0439. The molecular weight excluding hydrogens is 292 g/mol. The van der Waals surface area contributed by atoms with Crippen LogP contribution in [0.25, 0.3) is 16.6 Å². The molecule has 0 saturated carbocycles. The van der Waals surface area contributed by atoms with Crippen LogP contribution in [0, 0.1) is 0 Å². The lowest BCUT2D eigenvalue weighted by atomic mass is 10.1. The summed E-state index contributed by atoms with van der Waals surface area (Å²) in [6, 6.07) is 7.77. The predicted octanol–water partition coefficient (Wildman–Crippen LogP) is 3.23. The number of nitrogens with zero attached hydrogens (tertiary/aromatic N) is 3. The highest BCUT2D eigenvalue weighted by molar-refractivity contribution is 5.91. The van der Waals surface area contributed by atoms with Gasteiger partial charge in [-0.3, -0.25) is 4.98 Å². The summed E-state index contributed by atoms with van der Waals surface area (Å²) in [7, 11) is 0.